The van der Waals surface area contributed by atoms with E-state index in [1.165, 1.54) is 0 Å². The first-order valence-corrected chi connectivity index (χ1v) is 4.63. The molecule has 0 saturated carbocycles. The van der Waals surface area contributed by atoms with Crippen molar-refractivity contribution in [3.8, 4) is 0 Å². The summed E-state index contributed by atoms with van der Waals surface area (Å²) in [5.41, 5.74) is 0. The smallest absolute Gasteiger partial charge is 0.305 e. The van der Waals surface area contributed by atoms with E-state index < -0.39 is 5.97 Å². The Kier molecular flexibility index (Phi) is 4.18. The standard InChI is InChI=1S/C9H16O4/c1-7(6-9(10)11)13-8-2-4-12-5-3-8/h7-8H,2-6H2,1H3,(H,10,11)/t7-/m0/s1. The number of aliphatic carboxylic acids is 1. The highest BCUT2D eigenvalue weighted by Gasteiger charge is 2.18. The number of hydrogen-bond acceptors (Lipinski definition) is 3. The van der Waals surface area contributed by atoms with Gasteiger partial charge < -0.3 is 14.6 Å². The van der Waals surface area contributed by atoms with Crippen molar-refractivity contribution < 1.29 is 19.4 Å². The van der Waals surface area contributed by atoms with Gasteiger partial charge in [0.05, 0.1) is 18.6 Å². The van der Waals surface area contributed by atoms with Crippen LogP contribution in [0.4, 0.5) is 0 Å². The van der Waals surface area contributed by atoms with Gasteiger partial charge in [0, 0.05) is 13.2 Å². The summed E-state index contributed by atoms with van der Waals surface area (Å²) in [7, 11) is 0. The van der Waals surface area contributed by atoms with Crippen LogP contribution in [-0.4, -0.2) is 36.5 Å². The number of carbonyl (C=O) groups is 1. The molecule has 1 heterocycles. The average molecular weight is 188 g/mol. The van der Waals surface area contributed by atoms with Crippen molar-refractivity contribution >= 4 is 5.97 Å². The van der Waals surface area contributed by atoms with E-state index >= 15 is 0 Å². The first-order chi connectivity index (χ1) is 6.18. The maximum Gasteiger partial charge on any atom is 0.305 e. The monoisotopic (exact) mass is 188 g/mol. The van der Waals surface area contributed by atoms with Crippen LogP contribution in [0.5, 0.6) is 0 Å². The Morgan fingerprint density at radius 1 is 1.62 bits per heavy atom. The molecule has 0 aliphatic carbocycles. The van der Waals surface area contributed by atoms with Gasteiger partial charge in [-0.05, 0) is 19.8 Å². The van der Waals surface area contributed by atoms with Crippen molar-refractivity contribution in [3.63, 3.8) is 0 Å². The molecule has 0 amide bonds. The third-order valence-electron chi connectivity index (χ3n) is 2.06. The average Bonchev–Trinajstić information content (AvgIpc) is 2.04. The third kappa shape index (κ3) is 4.24. The SMILES string of the molecule is C[C@@H](CC(=O)O)OC1CCOCC1. The molecule has 1 fully saturated rings. The van der Waals surface area contributed by atoms with Crippen LogP contribution in [0.25, 0.3) is 0 Å². The molecule has 0 aromatic rings. The fourth-order valence-electron chi connectivity index (χ4n) is 1.43. The number of ether oxygens (including phenoxy) is 2. The van der Waals surface area contributed by atoms with Crippen molar-refractivity contribution in [1.82, 2.24) is 0 Å². The van der Waals surface area contributed by atoms with Gasteiger partial charge in [-0.25, -0.2) is 0 Å². The molecule has 1 aliphatic heterocycles. The number of carboxylic acid groups (broad SMARTS) is 1. The molecule has 0 spiro atoms. The van der Waals surface area contributed by atoms with Crippen molar-refractivity contribution in [1.29, 1.82) is 0 Å². The maximum atomic E-state index is 10.3. The molecule has 76 valence electrons. The molecule has 4 heteroatoms. The Morgan fingerprint density at radius 2 is 2.23 bits per heavy atom. The fourth-order valence-corrected chi connectivity index (χ4v) is 1.43. The topological polar surface area (TPSA) is 55.8 Å². The zero-order valence-electron chi connectivity index (χ0n) is 7.86. The molecular weight excluding hydrogens is 172 g/mol. The molecule has 0 unspecified atom stereocenters. The molecule has 0 bridgehead atoms. The molecule has 1 aliphatic rings. The summed E-state index contributed by atoms with van der Waals surface area (Å²) >= 11 is 0. The van der Waals surface area contributed by atoms with Crippen LogP contribution < -0.4 is 0 Å². The molecule has 0 aromatic heterocycles. The van der Waals surface area contributed by atoms with Gasteiger partial charge in [-0.2, -0.15) is 0 Å². The van der Waals surface area contributed by atoms with Gasteiger partial charge >= 0.3 is 5.97 Å². The first kappa shape index (κ1) is 10.5. The number of carboxylic acids is 1. The van der Waals surface area contributed by atoms with Gasteiger partial charge in [0.1, 0.15) is 0 Å². The van der Waals surface area contributed by atoms with E-state index in [-0.39, 0.29) is 18.6 Å². The lowest BCUT2D eigenvalue weighted by molar-refractivity contribution is -0.142. The van der Waals surface area contributed by atoms with Crippen LogP contribution in [0.2, 0.25) is 0 Å². The van der Waals surface area contributed by atoms with Crippen LogP contribution in [0.3, 0.4) is 0 Å². The summed E-state index contributed by atoms with van der Waals surface area (Å²) in [6, 6.07) is 0. The predicted octanol–water partition coefficient (Wildman–Crippen LogP) is 1.05. The molecule has 1 N–H and O–H groups in total. The summed E-state index contributed by atoms with van der Waals surface area (Å²) in [6.07, 6.45) is 1.83. The van der Waals surface area contributed by atoms with E-state index in [1.807, 2.05) is 0 Å². The highest BCUT2D eigenvalue weighted by Crippen LogP contribution is 2.13. The summed E-state index contributed by atoms with van der Waals surface area (Å²) < 4.78 is 10.7. The second-order valence-corrected chi connectivity index (χ2v) is 3.36. The van der Waals surface area contributed by atoms with Crippen LogP contribution in [0, 0.1) is 0 Å². The van der Waals surface area contributed by atoms with E-state index in [9.17, 15) is 4.79 Å². The van der Waals surface area contributed by atoms with Gasteiger partial charge in [-0.15, -0.1) is 0 Å². The lowest BCUT2D eigenvalue weighted by Gasteiger charge is -2.25. The maximum absolute atomic E-state index is 10.3. The highest BCUT2D eigenvalue weighted by atomic mass is 16.5. The van der Waals surface area contributed by atoms with E-state index in [0.29, 0.717) is 0 Å². The largest absolute Gasteiger partial charge is 0.481 e. The molecule has 1 atom stereocenters. The Labute approximate surface area is 77.8 Å². The summed E-state index contributed by atoms with van der Waals surface area (Å²) in [4.78, 5) is 10.3. The summed E-state index contributed by atoms with van der Waals surface area (Å²) in [5.74, 6) is -0.806. The Hall–Kier alpha value is -0.610. The third-order valence-corrected chi connectivity index (χ3v) is 2.06. The first-order valence-electron chi connectivity index (χ1n) is 4.63. The van der Waals surface area contributed by atoms with Crippen LogP contribution in [0.1, 0.15) is 26.2 Å². The molecule has 4 nitrogen and oxygen atoms in total. The Bertz CT molecular complexity index is 163. The van der Waals surface area contributed by atoms with Crippen molar-refractivity contribution in [2.45, 2.75) is 38.4 Å². The van der Waals surface area contributed by atoms with Gasteiger partial charge in [0.15, 0.2) is 0 Å². The second kappa shape index (κ2) is 5.19. The van der Waals surface area contributed by atoms with E-state index in [0.717, 1.165) is 26.1 Å². The molecular formula is C9H16O4. The molecule has 1 rings (SSSR count). The van der Waals surface area contributed by atoms with Crippen molar-refractivity contribution in [3.05, 3.63) is 0 Å². The minimum absolute atomic E-state index is 0.0807. The minimum atomic E-state index is -0.806. The van der Waals surface area contributed by atoms with Gasteiger partial charge in [0.25, 0.3) is 0 Å². The highest BCUT2D eigenvalue weighted by molar-refractivity contribution is 5.67. The summed E-state index contributed by atoms with van der Waals surface area (Å²) in [6.45, 7) is 3.25. The van der Waals surface area contributed by atoms with Crippen molar-refractivity contribution in [2.75, 3.05) is 13.2 Å². The molecule has 13 heavy (non-hydrogen) atoms. The predicted molar refractivity (Wildman–Crippen MR) is 46.6 cm³/mol. The Morgan fingerprint density at radius 3 is 2.77 bits per heavy atom. The lowest BCUT2D eigenvalue weighted by Crippen LogP contribution is -2.28. The van der Waals surface area contributed by atoms with E-state index in [4.69, 9.17) is 14.6 Å². The quantitative estimate of drug-likeness (QED) is 0.716. The Balaban J connectivity index is 2.18. The molecule has 0 radical (unpaired) electrons. The minimum Gasteiger partial charge on any atom is -0.481 e. The zero-order chi connectivity index (χ0) is 9.68. The lowest BCUT2D eigenvalue weighted by atomic mass is 10.1. The molecule has 1 saturated heterocycles. The van der Waals surface area contributed by atoms with Gasteiger partial charge in [0.2, 0.25) is 0 Å². The van der Waals surface area contributed by atoms with E-state index in [2.05, 4.69) is 0 Å². The van der Waals surface area contributed by atoms with Gasteiger partial charge in [-0.3, -0.25) is 4.79 Å². The number of hydrogen-bond donors (Lipinski definition) is 1. The van der Waals surface area contributed by atoms with Gasteiger partial charge in [-0.1, -0.05) is 0 Å². The van der Waals surface area contributed by atoms with E-state index in [1.54, 1.807) is 6.92 Å². The molecule has 0 aromatic carbocycles. The normalized spacial score (nSPS) is 21.3. The van der Waals surface area contributed by atoms with Crippen LogP contribution >= 0.6 is 0 Å². The van der Waals surface area contributed by atoms with Crippen molar-refractivity contribution in [2.24, 2.45) is 0 Å². The second-order valence-electron chi connectivity index (χ2n) is 3.36. The zero-order valence-corrected chi connectivity index (χ0v) is 7.86. The summed E-state index contributed by atoms with van der Waals surface area (Å²) in [5, 5.41) is 8.51. The van der Waals surface area contributed by atoms with Crippen LogP contribution in [0.15, 0.2) is 0 Å². The fraction of sp³-hybridized carbons (Fsp3) is 0.889. The number of rotatable bonds is 4. The van der Waals surface area contributed by atoms with Crippen LogP contribution in [-0.2, 0) is 14.3 Å².